The summed E-state index contributed by atoms with van der Waals surface area (Å²) in [4.78, 5) is 18.6. The second-order valence-corrected chi connectivity index (χ2v) is 5.72. The van der Waals surface area contributed by atoms with Crippen LogP contribution in [0.3, 0.4) is 0 Å². The zero-order chi connectivity index (χ0) is 15.4. The highest BCUT2D eigenvalue weighted by Crippen LogP contribution is 2.25. The van der Waals surface area contributed by atoms with Crippen molar-refractivity contribution < 1.29 is 4.79 Å². The average molecular weight is 295 g/mol. The van der Waals surface area contributed by atoms with Crippen molar-refractivity contribution in [3.63, 3.8) is 0 Å². The lowest BCUT2D eigenvalue weighted by atomic mass is 10.0. The van der Waals surface area contributed by atoms with E-state index in [1.165, 1.54) is 6.42 Å². The minimum Gasteiger partial charge on any atom is -0.325 e. The fraction of sp³-hybridized carbons (Fsp3) is 0.333. The number of anilines is 1. The van der Waals surface area contributed by atoms with Crippen LogP contribution in [0.5, 0.6) is 0 Å². The van der Waals surface area contributed by atoms with E-state index in [-0.39, 0.29) is 6.03 Å². The number of likely N-dealkylation sites (tertiary alicyclic amines) is 1. The molecule has 1 N–H and O–H groups in total. The third kappa shape index (κ3) is 3.27. The van der Waals surface area contributed by atoms with Crippen LogP contribution in [0.1, 0.15) is 24.8 Å². The molecule has 1 aliphatic rings. The lowest BCUT2D eigenvalue weighted by Gasteiger charge is -2.26. The largest absolute Gasteiger partial charge is 0.325 e. The lowest BCUT2D eigenvalue weighted by Crippen LogP contribution is -2.38. The summed E-state index contributed by atoms with van der Waals surface area (Å²) in [6.45, 7) is 3.76. The molecule has 2 amide bonds. The smallest absolute Gasteiger partial charge is 0.321 e. The fourth-order valence-electron chi connectivity index (χ4n) is 2.80. The van der Waals surface area contributed by atoms with Crippen LogP contribution in [0.4, 0.5) is 10.5 Å². The fourth-order valence-corrected chi connectivity index (χ4v) is 2.80. The number of pyridine rings is 1. The third-order valence-electron chi connectivity index (χ3n) is 4.07. The Morgan fingerprint density at radius 2 is 1.95 bits per heavy atom. The van der Waals surface area contributed by atoms with Gasteiger partial charge in [-0.15, -0.1) is 0 Å². The average Bonchev–Trinajstić information content (AvgIpc) is 2.58. The number of amides is 2. The normalized spacial score (nSPS) is 14.7. The number of rotatable bonds is 2. The van der Waals surface area contributed by atoms with Crippen LogP contribution in [-0.4, -0.2) is 29.0 Å². The number of nitrogens with one attached hydrogen (secondary N) is 1. The molecule has 2 heterocycles. The van der Waals surface area contributed by atoms with Gasteiger partial charge in [-0.1, -0.05) is 12.1 Å². The van der Waals surface area contributed by atoms with Crippen molar-refractivity contribution in [3.8, 4) is 11.3 Å². The van der Waals surface area contributed by atoms with Crippen molar-refractivity contribution in [2.45, 2.75) is 26.2 Å². The number of benzene rings is 1. The van der Waals surface area contributed by atoms with Crippen LogP contribution in [-0.2, 0) is 0 Å². The van der Waals surface area contributed by atoms with E-state index in [1.54, 1.807) is 6.20 Å². The van der Waals surface area contributed by atoms with E-state index in [0.29, 0.717) is 0 Å². The number of carbonyl (C=O) groups is 1. The van der Waals surface area contributed by atoms with E-state index >= 15 is 0 Å². The van der Waals surface area contributed by atoms with Gasteiger partial charge in [0.25, 0.3) is 0 Å². The van der Waals surface area contributed by atoms with Crippen molar-refractivity contribution in [1.82, 2.24) is 9.88 Å². The molecule has 2 aromatic rings. The number of nitrogens with zero attached hydrogens (tertiary/aromatic N) is 2. The monoisotopic (exact) mass is 295 g/mol. The summed E-state index contributed by atoms with van der Waals surface area (Å²) in [7, 11) is 0. The predicted octanol–water partition coefficient (Wildman–Crippen LogP) is 4.07. The summed E-state index contributed by atoms with van der Waals surface area (Å²) < 4.78 is 0. The summed E-state index contributed by atoms with van der Waals surface area (Å²) >= 11 is 0. The molecular formula is C18H21N3O. The number of urea groups is 1. The second-order valence-electron chi connectivity index (χ2n) is 5.72. The molecule has 22 heavy (non-hydrogen) atoms. The van der Waals surface area contributed by atoms with Crippen LogP contribution >= 0.6 is 0 Å². The minimum absolute atomic E-state index is 0.00414. The van der Waals surface area contributed by atoms with Crippen molar-refractivity contribution in [1.29, 1.82) is 0 Å². The molecule has 0 radical (unpaired) electrons. The topological polar surface area (TPSA) is 45.2 Å². The van der Waals surface area contributed by atoms with Gasteiger partial charge in [0.05, 0.1) is 5.69 Å². The van der Waals surface area contributed by atoms with Gasteiger partial charge in [-0.2, -0.15) is 0 Å². The first-order chi connectivity index (χ1) is 10.7. The molecule has 1 aromatic carbocycles. The predicted molar refractivity (Wildman–Crippen MR) is 88.9 cm³/mol. The first-order valence-electron chi connectivity index (χ1n) is 7.82. The van der Waals surface area contributed by atoms with Crippen molar-refractivity contribution in [3.05, 3.63) is 48.2 Å². The summed E-state index contributed by atoms with van der Waals surface area (Å²) in [5.41, 5.74) is 3.95. The number of piperidine rings is 1. The van der Waals surface area contributed by atoms with Crippen molar-refractivity contribution in [2.75, 3.05) is 18.4 Å². The van der Waals surface area contributed by atoms with E-state index in [1.807, 2.05) is 41.3 Å². The summed E-state index contributed by atoms with van der Waals surface area (Å²) in [5.74, 6) is 0. The summed E-state index contributed by atoms with van der Waals surface area (Å²) in [6.07, 6.45) is 5.20. The van der Waals surface area contributed by atoms with Gasteiger partial charge in [0.2, 0.25) is 0 Å². The van der Waals surface area contributed by atoms with Gasteiger partial charge < -0.3 is 10.2 Å². The zero-order valence-electron chi connectivity index (χ0n) is 12.9. The maximum atomic E-state index is 12.3. The molecule has 0 saturated carbocycles. The number of hydrogen-bond donors (Lipinski definition) is 1. The second kappa shape index (κ2) is 6.60. The molecule has 1 aromatic heterocycles. The molecule has 1 saturated heterocycles. The standard InChI is InChI=1S/C18H21N3O/c1-14-8-9-15(13-16(14)17-7-3-4-10-19-17)20-18(22)21-11-5-2-6-12-21/h3-4,7-10,13H,2,5-6,11-12H2,1H3,(H,20,22). The van der Waals surface area contributed by atoms with E-state index in [2.05, 4.69) is 17.2 Å². The van der Waals surface area contributed by atoms with Gasteiger partial charge in [0, 0.05) is 30.5 Å². The van der Waals surface area contributed by atoms with Gasteiger partial charge >= 0.3 is 6.03 Å². The first kappa shape index (κ1) is 14.6. The molecule has 4 nitrogen and oxygen atoms in total. The van der Waals surface area contributed by atoms with E-state index in [0.717, 1.165) is 48.4 Å². The minimum atomic E-state index is -0.00414. The Morgan fingerprint density at radius 3 is 2.68 bits per heavy atom. The quantitative estimate of drug-likeness (QED) is 0.907. The molecule has 0 spiro atoms. The number of aromatic nitrogens is 1. The van der Waals surface area contributed by atoms with Crippen molar-refractivity contribution >= 4 is 11.7 Å². The Hall–Kier alpha value is -2.36. The Morgan fingerprint density at radius 1 is 1.14 bits per heavy atom. The van der Waals surface area contributed by atoms with Crippen LogP contribution in [0, 0.1) is 6.92 Å². The molecule has 0 bridgehead atoms. The SMILES string of the molecule is Cc1ccc(NC(=O)N2CCCCC2)cc1-c1ccccn1. The molecule has 0 aliphatic carbocycles. The third-order valence-corrected chi connectivity index (χ3v) is 4.07. The van der Waals surface area contributed by atoms with Gasteiger partial charge in [0.1, 0.15) is 0 Å². The molecule has 0 unspecified atom stereocenters. The molecule has 1 fully saturated rings. The summed E-state index contributed by atoms with van der Waals surface area (Å²) in [5, 5.41) is 3.01. The molecule has 0 atom stereocenters. The molecule has 114 valence electrons. The van der Waals surface area contributed by atoms with Crippen LogP contribution in [0.2, 0.25) is 0 Å². The highest BCUT2D eigenvalue weighted by atomic mass is 16.2. The van der Waals surface area contributed by atoms with Crippen LogP contribution < -0.4 is 5.32 Å². The number of aryl methyl sites for hydroxylation is 1. The van der Waals surface area contributed by atoms with Crippen LogP contribution in [0.25, 0.3) is 11.3 Å². The van der Waals surface area contributed by atoms with E-state index in [4.69, 9.17) is 0 Å². The Kier molecular flexibility index (Phi) is 4.37. The Labute approximate surface area is 131 Å². The van der Waals surface area contributed by atoms with E-state index in [9.17, 15) is 4.79 Å². The lowest BCUT2D eigenvalue weighted by molar-refractivity contribution is 0.200. The van der Waals surface area contributed by atoms with Gasteiger partial charge in [-0.3, -0.25) is 4.98 Å². The first-order valence-corrected chi connectivity index (χ1v) is 7.82. The van der Waals surface area contributed by atoms with Gasteiger partial charge in [-0.05, 0) is 56.0 Å². The van der Waals surface area contributed by atoms with Gasteiger partial charge in [0.15, 0.2) is 0 Å². The number of hydrogen-bond acceptors (Lipinski definition) is 2. The highest BCUT2D eigenvalue weighted by Gasteiger charge is 2.16. The Balaban J connectivity index is 1.79. The number of carbonyl (C=O) groups excluding carboxylic acids is 1. The molecule has 4 heteroatoms. The van der Waals surface area contributed by atoms with E-state index < -0.39 is 0 Å². The maximum absolute atomic E-state index is 12.3. The molecule has 3 rings (SSSR count). The zero-order valence-corrected chi connectivity index (χ0v) is 12.9. The van der Waals surface area contributed by atoms with Crippen LogP contribution in [0.15, 0.2) is 42.6 Å². The Bertz CT molecular complexity index is 649. The van der Waals surface area contributed by atoms with Gasteiger partial charge in [-0.25, -0.2) is 4.79 Å². The molecular weight excluding hydrogens is 274 g/mol. The summed E-state index contributed by atoms with van der Waals surface area (Å²) in [6, 6.07) is 11.8. The highest BCUT2D eigenvalue weighted by molar-refractivity contribution is 5.90. The molecule has 1 aliphatic heterocycles. The maximum Gasteiger partial charge on any atom is 0.321 e. The van der Waals surface area contributed by atoms with Crippen molar-refractivity contribution in [2.24, 2.45) is 0 Å².